The number of halogens is 1. The first-order valence-corrected chi connectivity index (χ1v) is 20.3. The first kappa shape index (κ1) is 33.6. The third-order valence-corrected chi connectivity index (χ3v) is 18.4. The van der Waals surface area contributed by atoms with Gasteiger partial charge in [0.05, 0.1) is 0 Å². The van der Waals surface area contributed by atoms with Gasteiger partial charge in [-0.2, -0.15) is 11.1 Å². The van der Waals surface area contributed by atoms with Crippen LogP contribution in [0.3, 0.4) is 0 Å². The number of hydrogen-bond donors (Lipinski definition) is 1. The largest absolute Gasteiger partial charge is 0.417 e. The molecule has 2 atom stereocenters. The normalized spacial score (nSPS) is 25.1. The van der Waals surface area contributed by atoms with Gasteiger partial charge in [0.1, 0.15) is 0 Å². The third-order valence-electron chi connectivity index (χ3n) is 8.67. The Morgan fingerprint density at radius 1 is 0.788 bits per heavy atom. The number of rotatable bonds is 4. The van der Waals surface area contributed by atoms with Crippen molar-refractivity contribution < 1.29 is 9.53 Å². The standard InChI is InChI=1S/C14H30OSi.C8H16O.C6H15ClSi/c1-13(2,3)16(6,7)15-11-12-8-9-14(4,5)10-12;1-8(2)4-3-7(5-8)6-9;1-6(2,3)8(4,5)7/h12H,8-11H2,1-7H3;7,9H,3-6H2,1-2H3;1-5H3. The molecule has 2 aliphatic carbocycles. The monoisotopic (exact) mass is 520 g/mol. The Labute approximate surface area is 215 Å². The van der Waals surface area contributed by atoms with Crippen LogP contribution in [0.15, 0.2) is 0 Å². The van der Waals surface area contributed by atoms with E-state index in [9.17, 15) is 0 Å². The number of aliphatic hydroxyl groups is 1. The first-order chi connectivity index (χ1) is 14.4. The lowest BCUT2D eigenvalue weighted by molar-refractivity contribution is 0.218. The second-order valence-electron chi connectivity index (χ2n) is 15.5. The summed E-state index contributed by atoms with van der Waals surface area (Å²) in [6.45, 7) is 33.3. The molecule has 0 aromatic carbocycles. The Kier molecular flexibility index (Phi) is 12.5. The molecule has 0 aromatic rings. The Hall–Kier alpha value is 0.644. The molecule has 0 amide bonds. The van der Waals surface area contributed by atoms with E-state index < -0.39 is 15.7 Å². The molecule has 1 N–H and O–H groups in total. The van der Waals surface area contributed by atoms with E-state index in [2.05, 4.69) is 95.4 Å². The SMILES string of the molecule is CC(C)(C)[Si](C)(C)Cl.CC1(C)CCC(CO)C1.CC1(C)CCC(CO[Si](C)(C)C(C)(C)C)C1. The molecule has 0 aromatic heterocycles. The van der Waals surface area contributed by atoms with Crippen LogP contribution in [0.2, 0.25) is 36.3 Å². The van der Waals surface area contributed by atoms with Gasteiger partial charge >= 0.3 is 0 Å². The van der Waals surface area contributed by atoms with Gasteiger partial charge in [0.25, 0.3) is 0 Å². The molecule has 5 heteroatoms. The highest BCUT2D eigenvalue weighted by atomic mass is 35.6. The average Bonchev–Trinajstić information content (AvgIpc) is 3.12. The fourth-order valence-corrected chi connectivity index (χ4v) is 5.09. The van der Waals surface area contributed by atoms with Crippen molar-refractivity contribution in [1.29, 1.82) is 0 Å². The zero-order valence-electron chi connectivity index (χ0n) is 25.0. The van der Waals surface area contributed by atoms with Crippen LogP contribution in [-0.2, 0) is 4.43 Å². The Morgan fingerprint density at radius 2 is 1.15 bits per heavy atom. The summed E-state index contributed by atoms with van der Waals surface area (Å²) in [5.41, 5.74) is 1.06. The molecule has 0 spiro atoms. The predicted octanol–water partition coefficient (Wildman–Crippen LogP) is 9.87. The smallest absolute Gasteiger partial charge is 0.191 e. The van der Waals surface area contributed by atoms with Crippen LogP contribution in [-0.4, -0.2) is 34.0 Å². The molecule has 33 heavy (non-hydrogen) atoms. The van der Waals surface area contributed by atoms with E-state index in [4.69, 9.17) is 20.6 Å². The summed E-state index contributed by atoms with van der Waals surface area (Å²) in [7, 11) is -2.91. The second-order valence-corrected chi connectivity index (χ2v) is 27.6. The third kappa shape index (κ3) is 13.0. The van der Waals surface area contributed by atoms with Gasteiger partial charge < -0.3 is 9.53 Å². The van der Waals surface area contributed by atoms with E-state index in [1.165, 1.54) is 38.5 Å². The van der Waals surface area contributed by atoms with Gasteiger partial charge in [-0.15, -0.1) is 0 Å². The zero-order chi connectivity index (χ0) is 26.5. The highest BCUT2D eigenvalue weighted by molar-refractivity contribution is 7.20. The van der Waals surface area contributed by atoms with E-state index in [1.807, 2.05) is 0 Å². The number of aliphatic hydroxyl groups excluding tert-OH is 1. The van der Waals surface area contributed by atoms with Crippen molar-refractivity contribution in [2.45, 2.75) is 144 Å². The minimum atomic E-state index is -1.52. The van der Waals surface area contributed by atoms with Crippen LogP contribution >= 0.6 is 11.1 Å². The van der Waals surface area contributed by atoms with Gasteiger partial charge in [0.15, 0.2) is 15.7 Å². The topological polar surface area (TPSA) is 29.5 Å². The summed E-state index contributed by atoms with van der Waals surface area (Å²) in [5.74, 6) is 1.41. The summed E-state index contributed by atoms with van der Waals surface area (Å²) < 4.78 is 6.31. The lowest BCUT2D eigenvalue weighted by Crippen LogP contribution is -2.41. The molecular weight excluding hydrogens is 460 g/mol. The van der Waals surface area contributed by atoms with Crippen LogP contribution in [0.1, 0.15) is 108 Å². The molecule has 0 saturated heterocycles. The van der Waals surface area contributed by atoms with Gasteiger partial charge in [-0.05, 0) is 84.4 Å². The van der Waals surface area contributed by atoms with Gasteiger partial charge in [-0.3, -0.25) is 0 Å². The molecule has 2 aliphatic rings. The van der Waals surface area contributed by atoms with Crippen LogP contribution in [0.25, 0.3) is 0 Å². The first-order valence-electron chi connectivity index (χ1n) is 13.4. The lowest BCUT2D eigenvalue weighted by Gasteiger charge is -2.37. The van der Waals surface area contributed by atoms with Crippen molar-refractivity contribution in [3.8, 4) is 0 Å². The quantitative estimate of drug-likeness (QED) is 0.295. The highest BCUT2D eigenvalue weighted by Gasteiger charge is 2.39. The van der Waals surface area contributed by atoms with Crippen molar-refractivity contribution in [2.75, 3.05) is 13.2 Å². The van der Waals surface area contributed by atoms with Crippen molar-refractivity contribution in [3.05, 3.63) is 0 Å². The van der Waals surface area contributed by atoms with Crippen molar-refractivity contribution >= 4 is 26.8 Å². The van der Waals surface area contributed by atoms with Crippen molar-refractivity contribution in [3.63, 3.8) is 0 Å². The summed E-state index contributed by atoms with van der Waals surface area (Å²) in [4.78, 5) is 0. The van der Waals surface area contributed by atoms with E-state index in [0.717, 1.165) is 12.5 Å². The zero-order valence-corrected chi connectivity index (χ0v) is 27.8. The molecule has 0 radical (unpaired) electrons. The molecule has 2 nitrogen and oxygen atoms in total. The molecule has 0 aliphatic heterocycles. The lowest BCUT2D eigenvalue weighted by atomic mass is 9.91. The predicted molar refractivity (Wildman–Crippen MR) is 156 cm³/mol. The molecule has 2 unspecified atom stereocenters. The number of hydrogen-bond acceptors (Lipinski definition) is 2. The minimum Gasteiger partial charge on any atom is -0.417 e. The molecule has 2 fully saturated rings. The maximum Gasteiger partial charge on any atom is 0.191 e. The van der Waals surface area contributed by atoms with Gasteiger partial charge in [0, 0.05) is 13.2 Å². The summed E-state index contributed by atoms with van der Waals surface area (Å²) >= 11 is 6.15. The molecular formula is C28H61ClO2Si2. The Morgan fingerprint density at radius 3 is 1.36 bits per heavy atom. The van der Waals surface area contributed by atoms with E-state index in [0.29, 0.717) is 33.4 Å². The molecule has 2 rings (SSSR count). The van der Waals surface area contributed by atoms with Gasteiger partial charge in [-0.1, -0.05) is 82.3 Å². The molecule has 0 heterocycles. The van der Waals surface area contributed by atoms with E-state index >= 15 is 0 Å². The molecule has 0 bridgehead atoms. The average molecular weight is 521 g/mol. The molecule has 2 saturated carbocycles. The fraction of sp³-hybridized carbons (Fsp3) is 1.00. The van der Waals surface area contributed by atoms with Crippen LogP contribution in [0.5, 0.6) is 0 Å². The summed E-state index contributed by atoms with van der Waals surface area (Å²) in [6, 6.07) is 0. The van der Waals surface area contributed by atoms with Crippen LogP contribution in [0, 0.1) is 22.7 Å². The maximum atomic E-state index is 8.80. The van der Waals surface area contributed by atoms with Crippen LogP contribution in [0.4, 0.5) is 0 Å². The van der Waals surface area contributed by atoms with Crippen molar-refractivity contribution in [2.24, 2.45) is 22.7 Å². The van der Waals surface area contributed by atoms with E-state index in [-0.39, 0.29) is 0 Å². The maximum absolute atomic E-state index is 8.80. The minimum absolute atomic E-state index is 0.342. The van der Waals surface area contributed by atoms with Crippen molar-refractivity contribution in [1.82, 2.24) is 0 Å². The molecule has 200 valence electrons. The fourth-order valence-electron chi connectivity index (χ4n) is 4.00. The second kappa shape index (κ2) is 12.3. The van der Waals surface area contributed by atoms with Gasteiger partial charge in [0.2, 0.25) is 0 Å². The highest BCUT2D eigenvalue weighted by Crippen LogP contribution is 2.43. The van der Waals surface area contributed by atoms with Crippen LogP contribution < -0.4 is 0 Å². The Balaban J connectivity index is 0.000000511. The Bertz CT molecular complexity index is 554. The summed E-state index contributed by atoms with van der Waals surface area (Å²) in [5, 5.41) is 9.49. The van der Waals surface area contributed by atoms with Gasteiger partial charge in [-0.25, -0.2) is 0 Å². The van der Waals surface area contributed by atoms with E-state index in [1.54, 1.807) is 0 Å². The summed E-state index contributed by atoms with van der Waals surface area (Å²) in [6.07, 6.45) is 7.81.